The Morgan fingerprint density at radius 1 is 1.30 bits per heavy atom. The number of anilines is 2. The van der Waals surface area contributed by atoms with Crippen LogP contribution in [0, 0.1) is 24.6 Å². The van der Waals surface area contributed by atoms with E-state index in [4.69, 9.17) is 21.1 Å². The van der Waals surface area contributed by atoms with Gasteiger partial charge in [-0.1, -0.05) is 18.5 Å². The Morgan fingerprint density at radius 2 is 2.03 bits per heavy atom. The highest BCUT2D eigenvalue weighted by Gasteiger charge is 2.50. The van der Waals surface area contributed by atoms with Gasteiger partial charge in [-0.25, -0.2) is 9.37 Å². The average Bonchev–Trinajstić information content (AvgIpc) is 3.54. The zero-order valence-electron chi connectivity index (χ0n) is 17.2. The number of aromatic nitrogens is 2. The topological polar surface area (TPSA) is 81.6 Å². The van der Waals surface area contributed by atoms with Crippen molar-refractivity contribution in [1.29, 1.82) is 0 Å². The van der Waals surface area contributed by atoms with Crippen molar-refractivity contribution in [2.75, 3.05) is 25.7 Å². The molecular formula is C21H23ClFN3O4. The van der Waals surface area contributed by atoms with Crippen LogP contribution < -0.4 is 9.64 Å². The number of benzene rings is 1. The quantitative estimate of drug-likeness (QED) is 0.455. The molecule has 0 aliphatic heterocycles. The van der Waals surface area contributed by atoms with Crippen LogP contribution in [0.2, 0.25) is 5.02 Å². The van der Waals surface area contributed by atoms with Gasteiger partial charge in [0.05, 0.1) is 32.0 Å². The highest BCUT2D eigenvalue weighted by Crippen LogP contribution is 2.43. The highest BCUT2D eigenvalue weighted by molar-refractivity contribution is 6.31. The van der Waals surface area contributed by atoms with Crippen LogP contribution in [0.1, 0.15) is 35.8 Å². The van der Waals surface area contributed by atoms with Crippen LogP contribution in [-0.2, 0) is 9.53 Å². The fraction of sp³-hybridized carbons (Fsp3) is 0.429. The molecule has 160 valence electrons. The summed E-state index contributed by atoms with van der Waals surface area (Å²) in [4.78, 5) is 34.7. The number of halogens is 2. The lowest BCUT2D eigenvalue weighted by molar-refractivity contribution is -0.142. The number of esters is 1. The van der Waals surface area contributed by atoms with Crippen molar-refractivity contribution in [1.82, 2.24) is 9.97 Å². The standard InChI is InChI=1S/C21H23ClFN3O4/c1-5-6-26(16-9-14(22)11(2)7-15(16)23)17-10-24-18(20(25-17)29-3)19(27)12-8-13(12)21(28)30-4/h7,9-10,12-13H,5-6,8H2,1-4H3. The molecule has 0 radical (unpaired) electrons. The minimum absolute atomic E-state index is 0.0211. The van der Waals surface area contributed by atoms with Crippen LogP contribution in [0.25, 0.3) is 0 Å². The number of ketones is 1. The summed E-state index contributed by atoms with van der Waals surface area (Å²) in [5.74, 6) is -1.80. The monoisotopic (exact) mass is 435 g/mol. The largest absolute Gasteiger partial charge is 0.479 e. The Balaban J connectivity index is 1.95. The van der Waals surface area contributed by atoms with Gasteiger partial charge < -0.3 is 14.4 Å². The average molecular weight is 436 g/mol. The Bertz CT molecular complexity index is 985. The van der Waals surface area contributed by atoms with E-state index >= 15 is 0 Å². The van der Waals surface area contributed by atoms with E-state index in [0.29, 0.717) is 35.8 Å². The maximum atomic E-state index is 14.7. The van der Waals surface area contributed by atoms with E-state index in [2.05, 4.69) is 9.97 Å². The predicted molar refractivity (Wildman–Crippen MR) is 110 cm³/mol. The number of hydrogen-bond donors (Lipinski definition) is 0. The number of nitrogens with zero attached hydrogens (tertiary/aromatic N) is 3. The van der Waals surface area contributed by atoms with Gasteiger partial charge in [-0.2, -0.15) is 4.98 Å². The fourth-order valence-corrected chi connectivity index (χ4v) is 3.46. The van der Waals surface area contributed by atoms with Crippen molar-refractivity contribution in [2.24, 2.45) is 11.8 Å². The van der Waals surface area contributed by atoms with Crippen molar-refractivity contribution in [3.05, 3.63) is 40.4 Å². The molecule has 2 aromatic rings. The van der Waals surface area contributed by atoms with Gasteiger partial charge in [-0.05, 0) is 37.5 Å². The molecule has 1 fully saturated rings. The summed E-state index contributed by atoms with van der Waals surface area (Å²) in [7, 11) is 2.67. The molecular weight excluding hydrogens is 413 g/mol. The summed E-state index contributed by atoms with van der Waals surface area (Å²) in [6, 6.07) is 2.91. The first-order chi connectivity index (χ1) is 14.3. The Labute approximate surface area is 179 Å². The molecule has 1 aliphatic rings. The Morgan fingerprint density at radius 3 is 2.67 bits per heavy atom. The molecule has 0 N–H and O–H groups in total. The third-order valence-electron chi connectivity index (χ3n) is 5.03. The van der Waals surface area contributed by atoms with E-state index in [1.54, 1.807) is 17.9 Å². The van der Waals surface area contributed by atoms with E-state index in [-0.39, 0.29) is 23.0 Å². The molecule has 2 unspecified atom stereocenters. The van der Waals surface area contributed by atoms with Gasteiger partial charge in [0.15, 0.2) is 17.3 Å². The second-order valence-corrected chi connectivity index (χ2v) is 7.53. The van der Waals surface area contributed by atoms with E-state index in [9.17, 15) is 14.0 Å². The Hall–Kier alpha value is -2.74. The maximum absolute atomic E-state index is 14.7. The normalized spacial score (nSPS) is 17.4. The smallest absolute Gasteiger partial charge is 0.309 e. The number of hydrogen-bond acceptors (Lipinski definition) is 7. The van der Waals surface area contributed by atoms with Crippen LogP contribution in [0.15, 0.2) is 18.3 Å². The third kappa shape index (κ3) is 4.23. The van der Waals surface area contributed by atoms with Gasteiger partial charge in [0, 0.05) is 17.5 Å². The summed E-state index contributed by atoms with van der Waals surface area (Å²) in [6.07, 6.45) is 2.51. The van der Waals surface area contributed by atoms with Gasteiger partial charge in [-0.3, -0.25) is 9.59 Å². The van der Waals surface area contributed by atoms with E-state index in [1.165, 1.54) is 26.5 Å². The summed E-state index contributed by atoms with van der Waals surface area (Å²) in [5.41, 5.74) is 0.927. The first kappa shape index (κ1) is 22.0. The molecule has 0 bridgehead atoms. The number of aryl methyl sites for hydroxylation is 1. The maximum Gasteiger partial charge on any atom is 0.309 e. The molecule has 1 aromatic heterocycles. The lowest BCUT2D eigenvalue weighted by atomic mass is 10.1. The van der Waals surface area contributed by atoms with Crippen LogP contribution in [0.5, 0.6) is 5.88 Å². The Kier molecular flexibility index (Phi) is 6.55. The molecule has 1 aromatic carbocycles. The van der Waals surface area contributed by atoms with Gasteiger partial charge >= 0.3 is 5.97 Å². The number of ether oxygens (including phenoxy) is 2. The minimum Gasteiger partial charge on any atom is -0.479 e. The first-order valence-electron chi connectivity index (χ1n) is 9.58. The van der Waals surface area contributed by atoms with Crippen molar-refractivity contribution >= 4 is 34.9 Å². The molecule has 1 aliphatic carbocycles. The zero-order valence-corrected chi connectivity index (χ0v) is 18.0. The molecule has 1 saturated carbocycles. The third-order valence-corrected chi connectivity index (χ3v) is 5.44. The number of carbonyl (C=O) groups excluding carboxylic acids is 2. The van der Waals surface area contributed by atoms with Crippen LogP contribution in [0.4, 0.5) is 15.9 Å². The van der Waals surface area contributed by atoms with Crippen LogP contribution >= 0.6 is 11.6 Å². The molecule has 2 atom stereocenters. The van der Waals surface area contributed by atoms with E-state index < -0.39 is 23.6 Å². The summed E-state index contributed by atoms with van der Waals surface area (Å²) < 4.78 is 24.6. The van der Waals surface area contributed by atoms with E-state index in [1.807, 2.05) is 6.92 Å². The van der Waals surface area contributed by atoms with Crippen molar-refractivity contribution in [3.8, 4) is 5.88 Å². The SMILES string of the molecule is CCCN(c1cnc(C(=O)C2CC2C(=O)OC)c(OC)n1)c1cc(Cl)c(C)cc1F. The van der Waals surface area contributed by atoms with Crippen LogP contribution in [-0.4, -0.2) is 42.5 Å². The second kappa shape index (κ2) is 8.95. The molecule has 0 spiro atoms. The van der Waals surface area contributed by atoms with Gasteiger partial charge in [0.25, 0.3) is 0 Å². The molecule has 30 heavy (non-hydrogen) atoms. The molecule has 3 rings (SSSR count). The molecule has 1 heterocycles. The van der Waals surface area contributed by atoms with Gasteiger partial charge in [0.1, 0.15) is 5.82 Å². The van der Waals surface area contributed by atoms with Crippen molar-refractivity contribution in [2.45, 2.75) is 26.7 Å². The second-order valence-electron chi connectivity index (χ2n) is 7.13. The summed E-state index contributed by atoms with van der Waals surface area (Å²) >= 11 is 6.20. The molecule has 0 amide bonds. The molecule has 7 nitrogen and oxygen atoms in total. The summed E-state index contributed by atoms with van der Waals surface area (Å²) in [6.45, 7) is 4.12. The van der Waals surface area contributed by atoms with Gasteiger partial charge in [-0.15, -0.1) is 0 Å². The molecule has 0 saturated heterocycles. The van der Waals surface area contributed by atoms with Crippen molar-refractivity contribution in [3.63, 3.8) is 0 Å². The zero-order chi connectivity index (χ0) is 22.0. The number of rotatable bonds is 8. The number of methoxy groups -OCH3 is 2. The lowest BCUT2D eigenvalue weighted by Gasteiger charge is -2.24. The fourth-order valence-electron chi connectivity index (χ4n) is 3.30. The molecule has 9 heteroatoms. The number of Topliss-reactive ketones (excluding diaryl/α,β-unsaturated/α-hetero) is 1. The van der Waals surface area contributed by atoms with Crippen molar-refractivity contribution < 1.29 is 23.5 Å². The predicted octanol–water partition coefficient (Wildman–Crippen LogP) is 4.13. The van der Waals surface area contributed by atoms with Gasteiger partial charge in [0.2, 0.25) is 5.88 Å². The number of carbonyl (C=O) groups is 2. The minimum atomic E-state index is -0.494. The first-order valence-corrected chi connectivity index (χ1v) is 9.96. The lowest BCUT2D eigenvalue weighted by Crippen LogP contribution is -2.22. The summed E-state index contributed by atoms with van der Waals surface area (Å²) in [5, 5.41) is 0.432. The van der Waals surface area contributed by atoms with Crippen LogP contribution in [0.3, 0.4) is 0 Å². The van der Waals surface area contributed by atoms with E-state index in [0.717, 1.165) is 0 Å². The highest BCUT2D eigenvalue weighted by atomic mass is 35.5.